The Morgan fingerprint density at radius 2 is 1.04 bits per heavy atom. The largest absolute Gasteiger partial charge is 0.310 e. The van der Waals surface area contributed by atoms with Crippen LogP contribution in [0.25, 0.3) is 66.4 Å². The molecule has 0 saturated heterocycles. The summed E-state index contributed by atoms with van der Waals surface area (Å²) in [7, 11) is 1.80. The van der Waals surface area contributed by atoms with Crippen molar-refractivity contribution in [1.82, 2.24) is 0 Å². The molecule has 8 aromatic carbocycles. The van der Waals surface area contributed by atoms with E-state index in [0.29, 0.717) is 5.56 Å². The number of aliphatic imine (C=N–C) groups is 1. The molecule has 1 aliphatic rings. The number of hydrogen-bond acceptors (Lipinski definition) is 3. The highest BCUT2D eigenvalue weighted by Gasteiger charge is 2.23. The molecule has 0 heterocycles. The minimum atomic E-state index is 0.636. The van der Waals surface area contributed by atoms with Crippen LogP contribution < -0.4 is 4.90 Å². The van der Waals surface area contributed by atoms with Crippen LogP contribution in [0.1, 0.15) is 11.1 Å². The number of nitrogens with zero attached hydrogens (tertiary/aromatic N) is 3. The molecule has 8 aromatic rings. The summed E-state index contributed by atoms with van der Waals surface area (Å²) in [6.07, 6.45) is 1.90. The average molecular weight is 664 g/mol. The SMILES string of the molecule is C/N=C\c1ccccc1-c1cc(-c2ccccc2C#N)cc(N(c2ccccc2)c2cccc(-c3ccc4c5c(cccc35)-c3ccccc3-4)c2)c1. The first kappa shape index (κ1) is 31.0. The monoisotopic (exact) mass is 663 g/mol. The fourth-order valence-electron chi connectivity index (χ4n) is 7.79. The summed E-state index contributed by atoms with van der Waals surface area (Å²) in [5.74, 6) is 0. The second kappa shape index (κ2) is 13.0. The highest BCUT2D eigenvalue weighted by atomic mass is 15.1. The zero-order chi connectivity index (χ0) is 35.0. The molecule has 0 radical (unpaired) electrons. The normalized spacial score (nSPS) is 11.5. The molecule has 9 rings (SSSR count). The Labute approximate surface area is 304 Å². The Kier molecular flexibility index (Phi) is 7.76. The molecule has 244 valence electrons. The van der Waals surface area contributed by atoms with Crippen LogP contribution in [0.5, 0.6) is 0 Å². The molecular formula is C49H33N3. The van der Waals surface area contributed by atoms with Crippen molar-refractivity contribution in [3.05, 3.63) is 187 Å². The fourth-order valence-corrected chi connectivity index (χ4v) is 7.79. The summed E-state index contributed by atoms with van der Waals surface area (Å²) >= 11 is 0. The maximum absolute atomic E-state index is 10.1. The standard InChI is InChI=1S/C49H33N3/c1-51-32-35-14-6-8-20-42(35)37-27-36(41-19-7-5-13-34(41)31-50)29-40(30-37)52(38-16-3-2-4-17-38)39-18-11-15-33(28-39)43-25-26-48-45-22-10-9-21-44(45)47-24-12-23-46(43)49(47)48/h2-30,32H,1H3/b51-32-. The van der Waals surface area contributed by atoms with Crippen molar-refractivity contribution in [2.45, 2.75) is 0 Å². The second-order valence-corrected chi connectivity index (χ2v) is 13.1. The van der Waals surface area contributed by atoms with E-state index in [1.54, 1.807) is 7.05 Å². The number of para-hydroxylation sites is 1. The quantitative estimate of drug-likeness (QED) is 0.159. The summed E-state index contributed by atoms with van der Waals surface area (Å²) in [6, 6.07) is 64.5. The van der Waals surface area contributed by atoms with Crippen molar-refractivity contribution in [3.63, 3.8) is 0 Å². The van der Waals surface area contributed by atoms with Crippen LogP contribution in [0.4, 0.5) is 17.1 Å². The number of rotatable bonds is 7. The number of nitriles is 1. The maximum Gasteiger partial charge on any atom is 0.0998 e. The van der Waals surface area contributed by atoms with Gasteiger partial charge in [0.05, 0.1) is 11.6 Å². The molecule has 0 amide bonds. The topological polar surface area (TPSA) is 39.4 Å². The number of fused-ring (bicyclic) bond motifs is 3. The highest BCUT2D eigenvalue weighted by Crippen LogP contribution is 2.50. The lowest BCUT2D eigenvalue weighted by Gasteiger charge is -2.27. The van der Waals surface area contributed by atoms with Gasteiger partial charge in [-0.1, -0.05) is 127 Å². The maximum atomic E-state index is 10.1. The van der Waals surface area contributed by atoms with Crippen LogP contribution in [0.15, 0.2) is 181 Å². The molecule has 0 N–H and O–H groups in total. The molecule has 0 fully saturated rings. The van der Waals surface area contributed by atoms with Crippen molar-refractivity contribution >= 4 is 34.0 Å². The van der Waals surface area contributed by atoms with Crippen LogP contribution >= 0.6 is 0 Å². The van der Waals surface area contributed by atoms with Gasteiger partial charge >= 0.3 is 0 Å². The third kappa shape index (κ3) is 5.26. The second-order valence-electron chi connectivity index (χ2n) is 13.1. The van der Waals surface area contributed by atoms with Crippen molar-refractivity contribution < 1.29 is 0 Å². The summed E-state index contributed by atoms with van der Waals surface area (Å²) in [4.78, 5) is 6.68. The summed E-state index contributed by atoms with van der Waals surface area (Å²) in [5.41, 5.74) is 16.2. The van der Waals surface area contributed by atoms with Crippen LogP contribution in [0.3, 0.4) is 0 Å². The third-order valence-electron chi connectivity index (χ3n) is 10.1. The van der Waals surface area contributed by atoms with Crippen LogP contribution in [-0.2, 0) is 0 Å². The first-order valence-corrected chi connectivity index (χ1v) is 17.5. The van der Waals surface area contributed by atoms with Gasteiger partial charge in [-0.05, 0) is 115 Å². The Hall–Kier alpha value is -7.02. The minimum absolute atomic E-state index is 0.636. The molecule has 0 saturated carbocycles. The predicted octanol–water partition coefficient (Wildman–Crippen LogP) is 12.9. The van der Waals surface area contributed by atoms with Gasteiger partial charge in [0.1, 0.15) is 0 Å². The third-order valence-corrected chi connectivity index (χ3v) is 10.1. The lowest BCUT2D eigenvalue weighted by atomic mass is 9.92. The van der Waals surface area contributed by atoms with Crippen LogP contribution in [0.2, 0.25) is 0 Å². The van der Waals surface area contributed by atoms with Crippen molar-refractivity contribution in [2.75, 3.05) is 11.9 Å². The molecule has 0 aliphatic heterocycles. The molecule has 1 aliphatic carbocycles. The smallest absolute Gasteiger partial charge is 0.0998 e. The fraction of sp³-hybridized carbons (Fsp3) is 0.0204. The lowest BCUT2D eigenvalue weighted by molar-refractivity contribution is 1.28. The highest BCUT2D eigenvalue weighted by molar-refractivity contribution is 6.18. The van der Waals surface area contributed by atoms with E-state index in [9.17, 15) is 5.26 Å². The first-order chi connectivity index (χ1) is 25.7. The van der Waals surface area contributed by atoms with E-state index in [1.807, 2.05) is 42.6 Å². The van der Waals surface area contributed by atoms with Crippen molar-refractivity contribution in [1.29, 1.82) is 5.26 Å². The Balaban J connectivity index is 1.26. The summed E-state index contributed by atoms with van der Waals surface area (Å²) in [5, 5.41) is 12.7. The van der Waals surface area contributed by atoms with Gasteiger partial charge in [-0.2, -0.15) is 5.26 Å². The van der Waals surface area contributed by atoms with Crippen LogP contribution in [0, 0.1) is 11.3 Å². The van der Waals surface area contributed by atoms with E-state index in [0.717, 1.165) is 50.4 Å². The minimum Gasteiger partial charge on any atom is -0.310 e. The zero-order valence-corrected chi connectivity index (χ0v) is 28.7. The van der Waals surface area contributed by atoms with Crippen molar-refractivity contribution in [3.8, 4) is 61.7 Å². The molecular weight excluding hydrogens is 631 g/mol. The van der Waals surface area contributed by atoms with Gasteiger partial charge in [0.2, 0.25) is 0 Å². The predicted molar refractivity (Wildman–Crippen MR) is 218 cm³/mol. The van der Waals surface area contributed by atoms with Gasteiger partial charge in [-0.25, -0.2) is 0 Å². The average Bonchev–Trinajstić information content (AvgIpc) is 3.54. The van der Waals surface area contributed by atoms with Gasteiger partial charge < -0.3 is 4.90 Å². The zero-order valence-electron chi connectivity index (χ0n) is 28.7. The molecule has 3 heteroatoms. The van der Waals surface area contributed by atoms with E-state index in [2.05, 4.69) is 155 Å². The van der Waals surface area contributed by atoms with Gasteiger partial charge in [0.15, 0.2) is 0 Å². The molecule has 0 unspecified atom stereocenters. The molecule has 0 spiro atoms. The van der Waals surface area contributed by atoms with E-state index < -0.39 is 0 Å². The Bertz CT molecular complexity index is 2690. The molecule has 52 heavy (non-hydrogen) atoms. The lowest BCUT2D eigenvalue weighted by Crippen LogP contribution is -2.10. The summed E-state index contributed by atoms with van der Waals surface area (Å²) < 4.78 is 0. The summed E-state index contributed by atoms with van der Waals surface area (Å²) in [6.45, 7) is 0. The number of benzene rings is 8. The van der Waals surface area contributed by atoms with Gasteiger partial charge in [0.25, 0.3) is 0 Å². The molecule has 0 aromatic heterocycles. The Morgan fingerprint density at radius 3 is 1.81 bits per heavy atom. The van der Waals surface area contributed by atoms with E-state index in [4.69, 9.17) is 0 Å². The number of hydrogen-bond donors (Lipinski definition) is 0. The van der Waals surface area contributed by atoms with E-state index >= 15 is 0 Å². The van der Waals surface area contributed by atoms with Gasteiger partial charge in [-0.3, -0.25) is 4.99 Å². The number of anilines is 3. The van der Waals surface area contributed by atoms with Crippen molar-refractivity contribution in [2.24, 2.45) is 4.99 Å². The van der Waals surface area contributed by atoms with Gasteiger partial charge in [0, 0.05) is 35.9 Å². The van der Waals surface area contributed by atoms with Gasteiger partial charge in [-0.15, -0.1) is 0 Å². The van der Waals surface area contributed by atoms with E-state index in [1.165, 1.54) is 38.6 Å². The molecule has 0 bridgehead atoms. The van der Waals surface area contributed by atoms with E-state index in [-0.39, 0.29) is 0 Å². The molecule has 3 nitrogen and oxygen atoms in total. The Morgan fingerprint density at radius 1 is 0.462 bits per heavy atom. The van der Waals surface area contributed by atoms with Crippen LogP contribution in [-0.4, -0.2) is 13.3 Å². The first-order valence-electron chi connectivity index (χ1n) is 17.5. The molecule has 0 atom stereocenters.